The first kappa shape index (κ1) is 9.93. The van der Waals surface area contributed by atoms with Crippen LogP contribution in [0.15, 0.2) is 0 Å². The normalized spacial score (nSPS) is 29.5. The van der Waals surface area contributed by atoms with E-state index in [1.54, 1.807) is 0 Å². The summed E-state index contributed by atoms with van der Waals surface area (Å²) in [5.41, 5.74) is 0. The highest BCUT2D eigenvalue weighted by Crippen LogP contribution is 2.14. The van der Waals surface area contributed by atoms with Gasteiger partial charge in [-0.1, -0.05) is 13.3 Å². The van der Waals surface area contributed by atoms with Crippen molar-refractivity contribution in [3.05, 3.63) is 0 Å². The smallest absolute Gasteiger partial charge is 0.113 e. The van der Waals surface area contributed by atoms with Crippen LogP contribution in [0, 0.1) is 0 Å². The third kappa shape index (κ3) is 3.07. The van der Waals surface area contributed by atoms with Gasteiger partial charge in [0.2, 0.25) is 0 Å². The van der Waals surface area contributed by atoms with E-state index in [1.165, 1.54) is 12.8 Å². The van der Waals surface area contributed by atoms with E-state index in [2.05, 4.69) is 12.2 Å². The number of hydrogen-bond acceptors (Lipinski definition) is 2. The van der Waals surface area contributed by atoms with E-state index in [1.807, 2.05) is 0 Å². The molecule has 1 fully saturated rings. The zero-order valence-corrected chi connectivity index (χ0v) is 7.68. The Balaban J connectivity index is 2.08. The molecule has 0 aromatic rings. The molecule has 0 radical (unpaired) electrons. The Morgan fingerprint density at radius 1 is 1.58 bits per heavy atom. The molecular formula is C9H18FNO. The second kappa shape index (κ2) is 5.49. The molecule has 1 N–H and O–H groups in total. The van der Waals surface area contributed by atoms with Crippen molar-refractivity contribution in [1.82, 2.24) is 5.32 Å². The van der Waals surface area contributed by atoms with Gasteiger partial charge in [0.1, 0.15) is 6.67 Å². The van der Waals surface area contributed by atoms with Crippen LogP contribution in [0.25, 0.3) is 0 Å². The fourth-order valence-electron chi connectivity index (χ4n) is 1.69. The Morgan fingerprint density at radius 2 is 2.42 bits per heavy atom. The summed E-state index contributed by atoms with van der Waals surface area (Å²) in [4.78, 5) is 0. The van der Waals surface area contributed by atoms with Crippen molar-refractivity contribution in [2.24, 2.45) is 0 Å². The van der Waals surface area contributed by atoms with Gasteiger partial charge < -0.3 is 10.1 Å². The molecule has 12 heavy (non-hydrogen) atoms. The van der Waals surface area contributed by atoms with Crippen LogP contribution in [-0.4, -0.2) is 32.0 Å². The van der Waals surface area contributed by atoms with Gasteiger partial charge in [-0.25, -0.2) is 4.39 Å². The number of hydrogen-bond donors (Lipinski definition) is 1. The fourth-order valence-corrected chi connectivity index (χ4v) is 1.69. The lowest BCUT2D eigenvalue weighted by atomic mass is 10.1. The van der Waals surface area contributed by atoms with Gasteiger partial charge in [-0.05, 0) is 12.8 Å². The molecule has 1 heterocycles. The van der Waals surface area contributed by atoms with Gasteiger partial charge in [-0.3, -0.25) is 0 Å². The summed E-state index contributed by atoms with van der Waals surface area (Å²) >= 11 is 0. The molecule has 0 saturated carbocycles. The average molecular weight is 175 g/mol. The second-order valence-corrected chi connectivity index (χ2v) is 3.31. The summed E-state index contributed by atoms with van der Waals surface area (Å²) in [7, 11) is 0. The van der Waals surface area contributed by atoms with Crippen molar-refractivity contribution in [1.29, 1.82) is 0 Å². The SMILES string of the molecule is CCCC1CC(OCCF)CN1. The Kier molecular flexibility index (Phi) is 4.54. The first-order chi connectivity index (χ1) is 5.86. The van der Waals surface area contributed by atoms with Gasteiger partial charge in [0.25, 0.3) is 0 Å². The monoisotopic (exact) mass is 175 g/mol. The van der Waals surface area contributed by atoms with E-state index < -0.39 is 0 Å². The third-order valence-electron chi connectivity index (χ3n) is 2.25. The molecule has 3 heteroatoms. The third-order valence-corrected chi connectivity index (χ3v) is 2.25. The van der Waals surface area contributed by atoms with Crippen molar-refractivity contribution >= 4 is 0 Å². The molecule has 72 valence electrons. The molecule has 1 aliphatic rings. The minimum atomic E-state index is -0.366. The van der Waals surface area contributed by atoms with Gasteiger partial charge in [-0.15, -0.1) is 0 Å². The van der Waals surface area contributed by atoms with Crippen LogP contribution < -0.4 is 5.32 Å². The highest BCUT2D eigenvalue weighted by Gasteiger charge is 2.23. The van der Waals surface area contributed by atoms with Crippen LogP contribution in [-0.2, 0) is 4.74 Å². The number of ether oxygens (including phenoxy) is 1. The molecule has 0 bridgehead atoms. The van der Waals surface area contributed by atoms with Crippen molar-refractivity contribution in [2.45, 2.75) is 38.3 Å². The van der Waals surface area contributed by atoms with Crippen molar-refractivity contribution in [3.8, 4) is 0 Å². The number of nitrogens with one attached hydrogen (secondary N) is 1. The molecule has 0 amide bonds. The van der Waals surface area contributed by atoms with E-state index in [0.717, 1.165) is 13.0 Å². The summed E-state index contributed by atoms with van der Waals surface area (Å²) in [6.45, 7) is 2.96. The number of alkyl halides is 1. The first-order valence-electron chi connectivity index (χ1n) is 4.77. The van der Waals surface area contributed by atoms with E-state index in [4.69, 9.17) is 4.74 Å². The van der Waals surface area contributed by atoms with Gasteiger partial charge >= 0.3 is 0 Å². The zero-order chi connectivity index (χ0) is 8.81. The molecule has 2 unspecified atom stereocenters. The van der Waals surface area contributed by atoms with Gasteiger partial charge in [0.15, 0.2) is 0 Å². The predicted molar refractivity (Wildman–Crippen MR) is 47.0 cm³/mol. The highest BCUT2D eigenvalue weighted by atomic mass is 19.1. The highest BCUT2D eigenvalue weighted by molar-refractivity contribution is 4.81. The molecule has 0 aromatic heterocycles. The van der Waals surface area contributed by atoms with Crippen LogP contribution in [0.3, 0.4) is 0 Å². The van der Waals surface area contributed by atoms with Crippen LogP contribution in [0.5, 0.6) is 0 Å². The molecular weight excluding hydrogens is 157 g/mol. The average Bonchev–Trinajstić information content (AvgIpc) is 2.50. The fraction of sp³-hybridized carbons (Fsp3) is 1.00. The van der Waals surface area contributed by atoms with Crippen molar-refractivity contribution < 1.29 is 9.13 Å². The Labute approximate surface area is 73.5 Å². The summed E-state index contributed by atoms with van der Waals surface area (Å²) in [6, 6.07) is 0.597. The quantitative estimate of drug-likeness (QED) is 0.683. The standard InChI is InChI=1S/C9H18FNO/c1-2-3-8-6-9(7-11-8)12-5-4-10/h8-9,11H,2-7H2,1H3. The molecule has 1 aliphatic heterocycles. The molecule has 2 nitrogen and oxygen atoms in total. The lowest BCUT2D eigenvalue weighted by Gasteiger charge is -2.09. The topological polar surface area (TPSA) is 21.3 Å². The zero-order valence-electron chi connectivity index (χ0n) is 7.68. The molecule has 0 aliphatic carbocycles. The van der Waals surface area contributed by atoms with E-state index >= 15 is 0 Å². The summed E-state index contributed by atoms with van der Waals surface area (Å²) < 4.78 is 17.0. The summed E-state index contributed by atoms with van der Waals surface area (Å²) in [5, 5.41) is 3.37. The van der Waals surface area contributed by atoms with Crippen LogP contribution >= 0.6 is 0 Å². The lowest BCUT2D eigenvalue weighted by molar-refractivity contribution is 0.0556. The molecule has 0 spiro atoms. The summed E-state index contributed by atoms with van der Waals surface area (Å²) in [5.74, 6) is 0. The van der Waals surface area contributed by atoms with Crippen LogP contribution in [0.1, 0.15) is 26.2 Å². The summed E-state index contributed by atoms with van der Waals surface area (Å²) in [6.07, 6.45) is 3.70. The maximum absolute atomic E-state index is 11.7. The van der Waals surface area contributed by atoms with Gasteiger partial charge in [0, 0.05) is 12.6 Å². The number of rotatable bonds is 5. The molecule has 0 aromatic carbocycles. The van der Waals surface area contributed by atoms with Gasteiger partial charge in [-0.2, -0.15) is 0 Å². The van der Waals surface area contributed by atoms with Crippen LogP contribution in [0.4, 0.5) is 4.39 Å². The van der Waals surface area contributed by atoms with Gasteiger partial charge in [0.05, 0.1) is 12.7 Å². The first-order valence-corrected chi connectivity index (χ1v) is 4.77. The van der Waals surface area contributed by atoms with Crippen molar-refractivity contribution in [2.75, 3.05) is 19.8 Å². The second-order valence-electron chi connectivity index (χ2n) is 3.31. The molecule has 2 atom stereocenters. The Hall–Kier alpha value is -0.150. The number of halogens is 1. The minimum Gasteiger partial charge on any atom is -0.374 e. The maximum Gasteiger partial charge on any atom is 0.113 e. The minimum absolute atomic E-state index is 0.247. The van der Waals surface area contributed by atoms with Crippen molar-refractivity contribution in [3.63, 3.8) is 0 Å². The Morgan fingerprint density at radius 3 is 3.08 bits per heavy atom. The largest absolute Gasteiger partial charge is 0.374 e. The maximum atomic E-state index is 11.7. The van der Waals surface area contributed by atoms with E-state index in [9.17, 15) is 4.39 Å². The van der Waals surface area contributed by atoms with E-state index in [-0.39, 0.29) is 19.4 Å². The lowest BCUT2D eigenvalue weighted by Crippen LogP contribution is -2.21. The van der Waals surface area contributed by atoms with E-state index in [0.29, 0.717) is 6.04 Å². The molecule has 1 rings (SSSR count). The van der Waals surface area contributed by atoms with Crippen LogP contribution in [0.2, 0.25) is 0 Å². The Bertz CT molecular complexity index is 121. The predicted octanol–water partition coefficient (Wildman–Crippen LogP) is 1.50. The molecule has 1 saturated heterocycles.